The van der Waals surface area contributed by atoms with E-state index < -0.39 is 0 Å². The van der Waals surface area contributed by atoms with Crippen molar-refractivity contribution in [2.45, 2.75) is 33.8 Å². The molecule has 0 saturated heterocycles. The van der Waals surface area contributed by atoms with E-state index >= 15 is 0 Å². The van der Waals surface area contributed by atoms with Crippen LogP contribution in [0.3, 0.4) is 0 Å². The Morgan fingerprint density at radius 2 is 1.78 bits per heavy atom. The van der Waals surface area contributed by atoms with Crippen LogP contribution >= 0.6 is 0 Å². The molecule has 0 radical (unpaired) electrons. The van der Waals surface area contributed by atoms with Gasteiger partial charge < -0.3 is 10.1 Å². The van der Waals surface area contributed by atoms with E-state index in [2.05, 4.69) is 33.0 Å². The molecule has 0 fully saturated rings. The third-order valence-corrected chi connectivity index (χ3v) is 2.76. The van der Waals surface area contributed by atoms with Gasteiger partial charge in [-0.1, -0.05) is 39.8 Å². The van der Waals surface area contributed by atoms with Crippen molar-refractivity contribution in [2.24, 2.45) is 11.8 Å². The Morgan fingerprint density at radius 1 is 1.11 bits per heavy atom. The van der Waals surface area contributed by atoms with Gasteiger partial charge in [-0.25, -0.2) is 4.39 Å². The number of hydrogen-bond donors (Lipinski definition) is 1. The molecule has 18 heavy (non-hydrogen) atoms. The molecule has 1 N–H and O–H groups in total. The van der Waals surface area contributed by atoms with Crippen LogP contribution in [0, 0.1) is 17.7 Å². The van der Waals surface area contributed by atoms with Crippen LogP contribution in [-0.2, 0) is 0 Å². The molecule has 2 nitrogen and oxygen atoms in total. The lowest BCUT2D eigenvalue weighted by atomic mass is 10.1. The maximum Gasteiger partial charge on any atom is 0.165 e. The van der Waals surface area contributed by atoms with Crippen LogP contribution < -0.4 is 10.1 Å². The summed E-state index contributed by atoms with van der Waals surface area (Å²) in [6.45, 7) is 10.2. The minimum Gasteiger partial charge on any atom is -0.486 e. The van der Waals surface area contributed by atoms with Gasteiger partial charge in [0.1, 0.15) is 6.10 Å². The molecule has 0 heterocycles. The van der Waals surface area contributed by atoms with Crippen molar-refractivity contribution >= 4 is 0 Å². The SMILES string of the molecule is CC(C)CNCC(Oc1ccccc1F)C(C)C. The van der Waals surface area contributed by atoms with Gasteiger partial charge >= 0.3 is 0 Å². The lowest BCUT2D eigenvalue weighted by Gasteiger charge is -2.23. The maximum absolute atomic E-state index is 13.5. The fraction of sp³-hybridized carbons (Fsp3) is 0.600. The van der Waals surface area contributed by atoms with Crippen molar-refractivity contribution in [3.8, 4) is 5.75 Å². The smallest absolute Gasteiger partial charge is 0.165 e. The minimum atomic E-state index is -0.299. The van der Waals surface area contributed by atoms with Crippen molar-refractivity contribution in [2.75, 3.05) is 13.1 Å². The largest absolute Gasteiger partial charge is 0.486 e. The number of halogens is 1. The molecular formula is C15H24FNO. The number of para-hydroxylation sites is 1. The highest BCUT2D eigenvalue weighted by molar-refractivity contribution is 5.23. The number of hydrogen-bond acceptors (Lipinski definition) is 2. The molecule has 0 aliphatic rings. The molecule has 1 aromatic rings. The number of nitrogens with one attached hydrogen (secondary N) is 1. The molecule has 0 aliphatic heterocycles. The Morgan fingerprint density at radius 3 is 2.33 bits per heavy atom. The molecule has 0 amide bonds. The molecule has 0 bridgehead atoms. The molecule has 0 aromatic heterocycles. The van der Waals surface area contributed by atoms with Gasteiger partial charge in [0.05, 0.1) is 0 Å². The minimum absolute atomic E-state index is 0.0133. The van der Waals surface area contributed by atoms with Crippen LogP contribution in [0.25, 0.3) is 0 Å². The standard InChI is InChI=1S/C15H24FNO/c1-11(2)9-17-10-15(12(3)4)18-14-8-6-5-7-13(14)16/h5-8,11-12,15,17H,9-10H2,1-4H3. The summed E-state index contributed by atoms with van der Waals surface area (Å²) in [5.41, 5.74) is 0. The van der Waals surface area contributed by atoms with Crippen LogP contribution in [0.4, 0.5) is 4.39 Å². The molecule has 0 aliphatic carbocycles. The Balaban J connectivity index is 2.55. The van der Waals surface area contributed by atoms with Crippen molar-refractivity contribution in [3.63, 3.8) is 0 Å². The normalized spacial score (nSPS) is 13.1. The molecule has 1 atom stereocenters. The average Bonchev–Trinajstić information content (AvgIpc) is 2.29. The van der Waals surface area contributed by atoms with E-state index in [9.17, 15) is 4.39 Å². The topological polar surface area (TPSA) is 21.3 Å². The molecule has 0 spiro atoms. The highest BCUT2D eigenvalue weighted by Crippen LogP contribution is 2.19. The van der Waals surface area contributed by atoms with Crippen molar-refractivity contribution in [1.82, 2.24) is 5.32 Å². The summed E-state index contributed by atoms with van der Waals surface area (Å²) in [6.07, 6.45) is -0.0133. The van der Waals surface area contributed by atoms with Gasteiger partial charge in [-0.15, -0.1) is 0 Å². The zero-order valence-electron chi connectivity index (χ0n) is 11.7. The first-order valence-corrected chi connectivity index (χ1v) is 6.62. The summed E-state index contributed by atoms with van der Waals surface area (Å²) in [5, 5.41) is 3.36. The van der Waals surface area contributed by atoms with Gasteiger partial charge in [0.15, 0.2) is 11.6 Å². The van der Waals surface area contributed by atoms with Crippen LogP contribution in [0.2, 0.25) is 0 Å². The zero-order chi connectivity index (χ0) is 13.5. The summed E-state index contributed by atoms with van der Waals surface area (Å²) < 4.78 is 19.3. The third kappa shape index (κ3) is 5.05. The molecular weight excluding hydrogens is 229 g/mol. The van der Waals surface area contributed by atoms with E-state index in [-0.39, 0.29) is 11.9 Å². The highest BCUT2D eigenvalue weighted by Gasteiger charge is 2.16. The van der Waals surface area contributed by atoms with E-state index in [4.69, 9.17) is 4.74 Å². The predicted octanol–water partition coefficient (Wildman–Crippen LogP) is 3.47. The van der Waals surface area contributed by atoms with Gasteiger partial charge in [0.2, 0.25) is 0 Å². The first-order chi connectivity index (χ1) is 8.50. The Kier molecular flexibility index (Phi) is 6.13. The second-order valence-corrected chi connectivity index (χ2v) is 5.38. The van der Waals surface area contributed by atoms with Gasteiger partial charge in [-0.2, -0.15) is 0 Å². The first kappa shape index (κ1) is 15.0. The van der Waals surface area contributed by atoms with Gasteiger partial charge in [-0.3, -0.25) is 0 Å². The second kappa shape index (κ2) is 7.37. The second-order valence-electron chi connectivity index (χ2n) is 5.38. The third-order valence-electron chi connectivity index (χ3n) is 2.76. The molecule has 1 rings (SSSR count). The van der Waals surface area contributed by atoms with Crippen LogP contribution in [0.1, 0.15) is 27.7 Å². The summed E-state index contributed by atoms with van der Waals surface area (Å²) in [4.78, 5) is 0. The summed E-state index contributed by atoms with van der Waals surface area (Å²) in [7, 11) is 0. The molecule has 1 unspecified atom stereocenters. The fourth-order valence-corrected chi connectivity index (χ4v) is 1.63. The lowest BCUT2D eigenvalue weighted by molar-refractivity contribution is 0.142. The fourth-order valence-electron chi connectivity index (χ4n) is 1.63. The Hall–Kier alpha value is -1.09. The number of benzene rings is 1. The summed E-state index contributed by atoms with van der Waals surface area (Å²) in [6, 6.07) is 6.56. The van der Waals surface area contributed by atoms with Gasteiger partial charge in [-0.05, 0) is 30.5 Å². The quantitative estimate of drug-likeness (QED) is 0.803. The molecule has 102 valence electrons. The Labute approximate surface area is 110 Å². The van der Waals surface area contributed by atoms with Gasteiger partial charge in [0, 0.05) is 6.54 Å². The zero-order valence-corrected chi connectivity index (χ0v) is 11.7. The Bertz CT molecular complexity index is 352. The van der Waals surface area contributed by atoms with Crippen molar-refractivity contribution in [3.05, 3.63) is 30.1 Å². The molecule has 1 aromatic carbocycles. The van der Waals surface area contributed by atoms with Crippen molar-refractivity contribution in [1.29, 1.82) is 0 Å². The number of rotatable bonds is 7. The van der Waals surface area contributed by atoms with Crippen LogP contribution in [0.5, 0.6) is 5.75 Å². The maximum atomic E-state index is 13.5. The van der Waals surface area contributed by atoms with Gasteiger partial charge in [0.25, 0.3) is 0 Å². The first-order valence-electron chi connectivity index (χ1n) is 6.62. The predicted molar refractivity (Wildman–Crippen MR) is 73.4 cm³/mol. The number of ether oxygens (including phenoxy) is 1. The van der Waals surface area contributed by atoms with E-state index in [1.807, 2.05) is 0 Å². The van der Waals surface area contributed by atoms with E-state index in [1.54, 1.807) is 18.2 Å². The highest BCUT2D eigenvalue weighted by atomic mass is 19.1. The van der Waals surface area contributed by atoms with E-state index in [1.165, 1.54) is 6.07 Å². The summed E-state index contributed by atoms with van der Waals surface area (Å²) >= 11 is 0. The molecule has 0 saturated carbocycles. The lowest BCUT2D eigenvalue weighted by Crippen LogP contribution is -2.37. The van der Waals surface area contributed by atoms with Crippen LogP contribution in [0.15, 0.2) is 24.3 Å². The monoisotopic (exact) mass is 253 g/mol. The average molecular weight is 253 g/mol. The van der Waals surface area contributed by atoms with E-state index in [0.717, 1.165) is 13.1 Å². The van der Waals surface area contributed by atoms with E-state index in [0.29, 0.717) is 17.6 Å². The van der Waals surface area contributed by atoms with Crippen molar-refractivity contribution < 1.29 is 9.13 Å². The molecule has 3 heteroatoms. The van der Waals surface area contributed by atoms with Crippen LogP contribution in [-0.4, -0.2) is 19.2 Å². The summed E-state index contributed by atoms with van der Waals surface area (Å²) in [5.74, 6) is 0.977.